The maximum Gasteiger partial charge on any atom is 0.270 e. The van der Waals surface area contributed by atoms with Gasteiger partial charge >= 0.3 is 0 Å². The molecule has 1 N–H and O–H groups in total. The average Bonchev–Trinajstić information content (AvgIpc) is 3.21. The normalized spacial score (nSPS) is 10.8. The van der Waals surface area contributed by atoms with Gasteiger partial charge in [0.15, 0.2) is 11.5 Å². The molecule has 0 unspecified atom stereocenters. The summed E-state index contributed by atoms with van der Waals surface area (Å²) in [6.45, 7) is 2.67. The van der Waals surface area contributed by atoms with Crippen LogP contribution in [0.3, 0.4) is 0 Å². The van der Waals surface area contributed by atoms with E-state index in [4.69, 9.17) is 9.47 Å². The zero-order valence-corrected chi connectivity index (χ0v) is 16.8. The highest BCUT2D eigenvalue weighted by atomic mass is 32.1. The van der Waals surface area contributed by atoms with Gasteiger partial charge in [0, 0.05) is 23.1 Å². The molecule has 0 saturated heterocycles. The number of nitrogens with zero attached hydrogens (tertiary/aromatic N) is 3. The van der Waals surface area contributed by atoms with Crippen LogP contribution in [-0.2, 0) is 0 Å². The van der Waals surface area contributed by atoms with Gasteiger partial charge in [0.1, 0.15) is 0 Å². The highest BCUT2D eigenvalue weighted by Crippen LogP contribution is 2.29. The fourth-order valence-electron chi connectivity index (χ4n) is 2.49. The first-order chi connectivity index (χ1) is 14.1. The van der Waals surface area contributed by atoms with Crippen LogP contribution in [0.25, 0.3) is 11.3 Å². The van der Waals surface area contributed by atoms with Crippen LogP contribution >= 0.6 is 11.3 Å². The second-order valence-corrected chi connectivity index (χ2v) is 6.83. The van der Waals surface area contributed by atoms with Crippen LogP contribution in [0.4, 0.5) is 10.8 Å². The Labute approximate surface area is 172 Å². The van der Waals surface area contributed by atoms with Crippen molar-refractivity contribution in [2.24, 2.45) is 5.10 Å². The standard InChI is InChI=1S/C20H20N4O4S/c1-3-9-28-18-8-7-14(10-19(18)27-2)12-21-23-20-22-17(13-29-20)15-5-4-6-16(11-15)24(25)26/h4-8,10-13H,3,9H2,1-2H3,(H,22,23)/b21-12+. The Morgan fingerprint density at radius 2 is 2.14 bits per heavy atom. The van der Waals surface area contributed by atoms with Gasteiger partial charge in [-0.3, -0.25) is 15.5 Å². The molecule has 1 heterocycles. The van der Waals surface area contributed by atoms with Gasteiger partial charge in [0.2, 0.25) is 5.13 Å². The number of benzene rings is 2. The number of ether oxygens (including phenoxy) is 2. The number of nitrogens with one attached hydrogen (secondary N) is 1. The van der Waals surface area contributed by atoms with E-state index < -0.39 is 4.92 Å². The first kappa shape index (κ1) is 20.3. The van der Waals surface area contributed by atoms with Crippen molar-refractivity contribution in [3.63, 3.8) is 0 Å². The minimum absolute atomic E-state index is 0.0309. The second-order valence-electron chi connectivity index (χ2n) is 5.97. The second kappa shape index (κ2) is 9.65. The predicted molar refractivity (Wildman–Crippen MR) is 114 cm³/mol. The molecule has 3 aromatic rings. The molecule has 0 bridgehead atoms. The smallest absolute Gasteiger partial charge is 0.270 e. The average molecular weight is 412 g/mol. The molecular weight excluding hydrogens is 392 g/mol. The molecule has 2 aromatic carbocycles. The van der Waals surface area contributed by atoms with E-state index in [0.717, 1.165) is 12.0 Å². The highest BCUT2D eigenvalue weighted by molar-refractivity contribution is 7.14. The SMILES string of the molecule is CCCOc1ccc(/C=N/Nc2nc(-c3cccc([N+](=O)[O-])c3)cs2)cc1OC. The lowest BCUT2D eigenvalue weighted by atomic mass is 10.1. The van der Waals surface area contributed by atoms with Crippen LogP contribution in [0, 0.1) is 10.1 Å². The molecule has 1 aromatic heterocycles. The summed E-state index contributed by atoms with van der Waals surface area (Å²) in [6.07, 6.45) is 2.57. The van der Waals surface area contributed by atoms with E-state index >= 15 is 0 Å². The Hall–Kier alpha value is -3.46. The molecule has 9 heteroatoms. The number of nitro groups is 1. The first-order valence-corrected chi connectivity index (χ1v) is 9.79. The monoisotopic (exact) mass is 412 g/mol. The molecule has 0 amide bonds. The molecule has 3 rings (SSSR count). The van der Waals surface area contributed by atoms with Crippen molar-refractivity contribution in [3.8, 4) is 22.8 Å². The maximum absolute atomic E-state index is 10.9. The van der Waals surface area contributed by atoms with Crippen molar-refractivity contribution in [2.75, 3.05) is 19.1 Å². The molecule has 0 saturated carbocycles. The van der Waals surface area contributed by atoms with E-state index in [1.54, 1.807) is 25.5 Å². The van der Waals surface area contributed by atoms with E-state index in [-0.39, 0.29) is 5.69 Å². The molecule has 0 aliphatic carbocycles. The summed E-state index contributed by atoms with van der Waals surface area (Å²) in [6, 6.07) is 11.9. The van der Waals surface area contributed by atoms with Crippen molar-refractivity contribution in [1.82, 2.24) is 4.98 Å². The number of aromatic nitrogens is 1. The minimum atomic E-state index is -0.424. The molecular formula is C20H20N4O4S. The summed E-state index contributed by atoms with van der Waals surface area (Å²) in [7, 11) is 1.60. The van der Waals surface area contributed by atoms with Gasteiger partial charge in [-0.15, -0.1) is 11.3 Å². The van der Waals surface area contributed by atoms with Crippen LogP contribution in [0.15, 0.2) is 52.9 Å². The van der Waals surface area contributed by atoms with E-state index in [2.05, 4.69) is 15.5 Å². The summed E-state index contributed by atoms with van der Waals surface area (Å²) in [4.78, 5) is 14.9. The fraction of sp³-hybridized carbons (Fsp3) is 0.200. The van der Waals surface area contributed by atoms with Gasteiger partial charge in [-0.2, -0.15) is 5.10 Å². The van der Waals surface area contributed by atoms with Crippen molar-refractivity contribution < 1.29 is 14.4 Å². The molecule has 0 aliphatic rings. The number of thiazole rings is 1. The lowest BCUT2D eigenvalue weighted by Gasteiger charge is -2.10. The molecule has 0 spiro atoms. The summed E-state index contributed by atoms with van der Waals surface area (Å²) >= 11 is 1.36. The predicted octanol–water partition coefficient (Wildman–Crippen LogP) is 4.96. The number of anilines is 1. The summed E-state index contributed by atoms with van der Waals surface area (Å²) in [5, 5.41) is 17.5. The Morgan fingerprint density at radius 3 is 2.90 bits per heavy atom. The Bertz CT molecular complexity index is 1020. The quantitative estimate of drug-likeness (QED) is 0.303. The van der Waals surface area contributed by atoms with Gasteiger partial charge in [-0.1, -0.05) is 19.1 Å². The van der Waals surface area contributed by atoms with E-state index in [1.165, 1.54) is 23.5 Å². The zero-order valence-electron chi connectivity index (χ0n) is 16.0. The number of nitro benzene ring substituents is 1. The van der Waals surface area contributed by atoms with E-state index in [1.807, 2.05) is 30.5 Å². The lowest BCUT2D eigenvalue weighted by Crippen LogP contribution is -1.98. The Kier molecular flexibility index (Phi) is 6.75. The van der Waals surface area contributed by atoms with Crippen molar-refractivity contribution in [1.29, 1.82) is 0 Å². The molecule has 29 heavy (non-hydrogen) atoms. The van der Waals surface area contributed by atoms with Crippen LogP contribution < -0.4 is 14.9 Å². The number of hydrogen-bond donors (Lipinski definition) is 1. The maximum atomic E-state index is 10.9. The highest BCUT2D eigenvalue weighted by Gasteiger charge is 2.10. The van der Waals surface area contributed by atoms with Crippen molar-refractivity contribution in [3.05, 3.63) is 63.5 Å². The van der Waals surface area contributed by atoms with E-state index in [0.29, 0.717) is 34.5 Å². The van der Waals surface area contributed by atoms with Gasteiger partial charge in [0.05, 0.1) is 30.5 Å². The first-order valence-electron chi connectivity index (χ1n) is 8.91. The summed E-state index contributed by atoms with van der Waals surface area (Å²) in [5.41, 5.74) is 5.08. The van der Waals surface area contributed by atoms with Crippen LogP contribution in [0.5, 0.6) is 11.5 Å². The third-order valence-corrected chi connectivity index (χ3v) is 4.63. The summed E-state index contributed by atoms with van der Waals surface area (Å²) < 4.78 is 11.0. The fourth-order valence-corrected chi connectivity index (χ4v) is 3.16. The van der Waals surface area contributed by atoms with Crippen LogP contribution in [0.1, 0.15) is 18.9 Å². The van der Waals surface area contributed by atoms with Gasteiger partial charge in [-0.05, 0) is 30.2 Å². The van der Waals surface area contributed by atoms with Crippen LogP contribution in [-0.4, -0.2) is 29.8 Å². The number of rotatable bonds is 9. The lowest BCUT2D eigenvalue weighted by molar-refractivity contribution is -0.384. The molecule has 150 valence electrons. The van der Waals surface area contributed by atoms with Crippen molar-refractivity contribution in [2.45, 2.75) is 13.3 Å². The molecule has 0 atom stereocenters. The molecule has 8 nitrogen and oxygen atoms in total. The third-order valence-electron chi connectivity index (χ3n) is 3.88. The van der Waals surface area contributed by atoms with Gasteiger partial charge in [-0.25, -0.2) is 4.98 Å². The number of non-ortho nitro benzene ring substituents is 1. The molecule has 0 radical (unpaired) electrons. The van der Waals surface area contributed by atoms with Crippen molar-refractivity contribution >= 4 is 28.4 Å². The largest absolute Gasteiger partial charge is 0.493 e. The Morgan fingerprint density at radius 1 is 1.28 bits per heavy atom. The summed E-state index contributed by atoms with van der Waals surface area (Å²) in [5.74, 6) is 1.34. The molecule has 0 aliphatic heterocycles. The minimum Gasteiger partial charge on any atom is -0.493 e. The molecule has 0 fully saturated rings. The third kappa shape index (κ3) is 5.29. The number of methoxy groups -OCH3 is 1. The Balaban J connectivity index is 1.67. The zero-order chi connectivity index (χ0) is 20.6. The number of hydrogen-bond acceptors (Lipinski definition) is 8. The van der Waals surface area contributed by atoms with Gasteiger partial charge in [0.25, 0.3) is 5.69 Å². The topological polar surface area (TPSA) is 98.9 Å². The van der Waals surface area contributed by atoms with Crippen LogP contribution in [0.2, 0.25) is 0 Å². The van der Waals surface area contributed by atoms with E-state index in [9.17, 15) is 10.1 Å². The number of hydrazone groups is 1. The van der Waals surface area contributed by atoms with Gasteiger partial charge < -0.3 is 9.47 Å².